The molecule has 0 amide bonds. The molecule has 19 heteroatoms. The average molecular weight is 1480 g/mol. The Kier molecular flexibility index (Phi) is 73.1. The van der Waals surface area contributed by atoms with Gasteiger partial charge in [0.25, 0.3) is 0 Å². The molecule has 102 heavy (non-hydrogen) atoms. The van der Waals surface area contributed by atoms with E-state index in [1.54, 1.807) is 0 Å². The van der Waals surface area contributed by atoms with Gasteiger partial charge in [-0.05, 0) is 96.3 Å². The van der Waals surface area contributed by atoms with Crippen LogP contribution in [0.5, 0.6) is 0 Å². The molecule has 0 radical (unpaired) electrons. The Morgan fingerprint density at radius 2 is 0.510 bits per heavy atom. The van der Waals surface area contributed by atoms with Crippen molar-refractivity contribution in [2.45, 2.75) is 393 Å². The molecular formula is C83H150O17P2. The number of phosphoric ester groups is 2. The van der Waals surface area contributed by atoms with Crippen molar-refractivity contribution in [1.29, 1.82) is 0 Å². The van der Waals surface area contributed by atoms with Gasteiger partial charge < -0.3 is 33.8 Å². The van der Waals surface area contributed by atoms with E-state index in [-0.39, 0.29) is 25.7 Å². The van der Waals surface area contributed by atoms with Crippen LogP contribution in [0.4, 0.5) is 0 Å². The van der Waals surface area contributed by atoms with E-state index in [9.17, 15) is 43.2 Å². The molecule has 594 valence electrons. The van der Waals surface area contributed by atoms with Crippen LogP contribution in [0.2, 0.25) is 0 Å². The van der Waals surface area contributed by atoms with Crippen LogP contribution in [-0.4, -0.2) is 96.7 Å². The SMILES string of the molecule is CC/C=C\C/C=C\C/C=C\C/C=C\C/C=C\CCCCCC(=O)O[C@H](COC(=O)CCCCCCC/C=C\CCCCCC)COP(=O)(O)OC[C@@H](O)COP(=O)(O)OC[C@@H](COC(=O)CCCCCCCCCCCCCCCCC)OC(=O)CCCCCCCCCCCCCCCCC. The van der Waals surface area contributed by atoms with Crippen molar-refractivity contribution >= 4 is 39.5 Å². The third-order valence-corrected chi connectivity index (χ3v) is 19.6. The molecule has 0 aliphatic carbocycles. The maximum absolute atomic E-state index is 13.1. The molecule has 0 aliphatic rings. The van der Waals surface area contributed by atoms with Gasteiger partial charge in [-0.15, -0.1) is 0 Å². The van der Waals surface area contributed by atoms with E-state index in [0.717, 1.165) is 135 Å². The van der Waals surface area contributed by atoms with Crippen molar-refractivity contribution < 1.29 is 80.2 Å². The first-order valence-corrected chi connectivity index (χ1v) is 44.2. The minimum Gasteiger partial charge on any atom is -0.462 e. The second kappa shape index (κ2) is 75.7. The molecule has 0 aliphatic heterocycles. The third-order valence-electron chi connectivity index (χ3n) is 17.7. The Balaban J connectivity index is 5.36. The van der Waals surface area contributed by atoms with Gasteiger partial charge in [0.05, 0.1) is 26.4 Å². The second-order valence-electron chi connectivity index (χ2n) is 27.7. The molecule has 0 aromatic carbocycles. The molecule has 5 atom stereocenters. The van der Waals surface area contributed by atoms with Crippen molar-refractivity contribution in [3.8, 4) is 0 Å². The first-order chi connectivity index (χ1) is 49.7. The first kappa shape index (κ1) is 98.5. The van der Waals surface area contributed by atoms with E-state index < -0.39 is 97.5 Å². The van der Waals surface area contributed by atoms with E-state index in [4.69, 9.17) is 37.0 Å². The molecule has 0 saturated heterocycles. The van der Waals surface area contributed by atoms with Gasteiger partial charge in [-0.3, -0.25) is 37.3 Å². The number of allylic oxidation sites excluding steroid dienone is 12. The van der Waals surface area contributed by atoms with Gasteiger partial charge >= 0.3 is 39.5 Å². The van der Waals surface area contributed by atoms with Crippen LogP contribution in [0, 0.1) is 0 Å². The Bertz CT molecular complexity index is 2210. The van der Waals surface area contributed by atoms with E-state index >= 15 is 0 Å². The van der Waals surface area contributed by atoms with E-state index in [2.05, 4.69) is 101 Å². The molecule has 17 nitrogen and oxygen atoms in total. The highest BCUT2D eigenvalue weighted by molar-refractivity contribution is 7.47. The minimum absolute atomic E-state index is 0.0568. The zero-order chi connectivity index (χ0) is 74.6. The molecule has 0 saturated carbocycles. The number of carbonyl (C=O) groups excluding carboxylic acids is 4. The van der Waals surface area contributed by atoms with Crippen LogP contribution in [0.1, 0.15) is 374 Å². The zero-order valence-corrected chi connectivity index (χ0v) is 66.8. The number of carbonyl (C=O) groups is 4. The number of esters is 4. The van der Waals surface area contributed by atoms with E-state index in [1.165, 1.54) is 161 Å². The quantitative estimate of drug-likeness (QED) is 0.0169. The number of aliphatic hydroxyl groups is 1. The average Bonchev–Trinajstić information content (AvgIpc) is 0.924. The number of hydrogen-bond acceptors (Lipinski definition) is 15. The van der Waals surface area contributed by atoms with Crippen molar-refractivity contribution in [3.05, 3.63) is 72.9 Å². The lowest BCUT2D eigenvalue weighted by molar-refractivity contribution is -0.161. The Morgan fingerprint density at radius 3 is 0.814 bits per heavy atom. The predicted octanol–water partition coefficient (Wildman–Crippen LogP) is 24.0. The fourth-order valence-electron chi connectivity index (χ4n) is 11.4. The number of rotatable bonds is 78. The van der Waals surface area contributed by atoms with Gasteiger partial charge in [-0.25, -0.2) is 9.13 Å². The number of hydrogen-bond donors (Lipinski definition) is 3. The molecule has 0 rings (SSSR count). The number of ether oxygens (including phenoxy) is 4. The third kappa shape index (κ3) is 74.8. The van der Waals surface area contributed by atoms with Gasteiger partial charge in [0.2, 0.25) is 0 Å². The molecule has 0 aromatic rings. The summed E-state index contributed by atoms with van der Waals surface area (Å²) < 4.78 is 68.7. The highest BCUT2D eigenvalue weighted by Crippen LogP contribution is 2.45. The lowest BCUT2D eigenvalue weighted by Crippen LogP contribution is -2.30. The fraction of sp³-hybridized carbons (Fsp3) is 0.807. The minimum atomic E-state index is -4.98. The Hall–Kier alpha value is -3.50. The van der Waals surface area contributed by atoms with Crippen LogP contribution in [0.15, 0.2) is 72.9 Å². The standard InChI is InChI=1S/C83H150O17P2/c1-5-9-13-17-21-25-29-33-36-37-38-39-42-46-50-54-58-62-66-70-83(88)100-78(73-93-80(85)67-63-59-55-51-47-43-32-28-24-20-16-12-8-4)75-97-101(89,90)95-71-77(84)72-96-102(91,92)98-76-79(99-82(87)69-65-61-57-53-49-45-41-35-31-27-23-19-15-11-7-3)74-94-81(86)68-64-60-56-52-48-44-40-34-30-26-22-18-14-10-6-2/h9,13,21,25,28,32-33,36,38-39,46,50,77-79,84H,5-8,10-12,14-20,22-24,26-27,29-31,34-35,37,40-45,47-49,51-76H2,1-4H3,(H,89,90)(H,91,92)/b13-9-,25-21-,32-28-,36-33-,39-38-,50-46-/t77-,78-,79-/m1/s1. The molecule has 0 heterocycles. The van der Waals surface area contributed by atoms with Crippen LogP contribution in [0.3, 0.4) is 0 Å². The summed E-state index contributed by atoms with van der Waals surface area (Å²) in [6.45, 7) is 4.78. The molecule has 3 N–H and O–H groups in total. The van der Waals surface area contributed by atoms with E-state index in [1.807, 2.05) is 0 Å². The summed E-state index contributed by atoms with van der Waals surface area (Å²) in [4.78, 5) is 73.1. The molecule has 0 spiro atoms. The summed E-state index contributed by atoms with van der Waals surface area (Å²) in [5.41, 5.74) is 0. The maximum atomic E-state index is 13.1. The first-order valence-electron chi connectivity index (χ1n) is 41.2. The van der Waals surface area contributed by atoms with Crippen molar-refractivity contribution in [2.75, 3.05) is 39.6 Å². The smallest absolute Gasteiger partial charge is 0.462 e. The van der Waals surface area contributed by atoms with Gasteiger partial charge in [-0.1, -0.05) is 325 Å². The lowest BCUT2D eigenvalue weighted by Gasteiger charge is -2.21. The highest BCUT2D eigenvalue weighted by atomic mass is 31.2. The largest absolute Gasteiger partial charge is 0.472 e. The monoisotopic (exact) mass is 1480 g/mol. The summed E-state index contributed by atoms with van der Waals surface area (Å²) >= 11 is 0. The van der Waals surface area contributed by atoms with Gasteiger partial charge in [0.1, 0.15) is 19.3 Å². The summed E-state index contributed by atoms with van der Waals surface area (Å²) in [5, 5.41) is 10.6. The fourth-order valence-corrected chi connectivity index (χ4v) is 13.0. The molecule has 0 fully saturated rings. The number of unbranched alkanes of at least 4 members (excludes halogenated alkanes) is 40. The number of phosphoric acid groups is 2. The molecule has 0 aromatic heterocycles. The second-order valence-corrected chi connectivity index (χ2v) is 30.6. The molecule has 2 unspecified atom stereocenters. The van der Waals surface area contributed by atoms with Crippen LogP contribution in [0.25, 0.3) is 0 Å². The predicted molar refractivity (Wildman–Crippen MR) is 418 cm³/mol. The van der Waals surface area contributed by atoms with Gasteiger partial charge in [-0.2, -0.15) is 0 Å². The molecule has 0 bridgehead atoms. The normalized spacial score (nSPS) is 14.2. The summed E-state index contributed by atoms with van der Waals surface area (Å²) in [6.07, 6.45) is 77.3. The van der Waals surface area contributed by atoms with E-state index in [0.29, 0.717) is 25.7 Å². The number of aliphatic hydroxyl groups excluding tert-OH is 1. The van der Waals surface area contributed by atoms with Gasteiger partial charge in [0.15, 0.2) is 12.2 Å². The Labute approximate surface area is 622 Å². The zero-order valence-electron chi connectivity index (χ0n) is 65.0. The highest BCUT2D eigenvalue weighted by Gasteiger charge is 2.30. The summed E-state index contributed by atoms with van der Waals surface area (Å²) in [5.74, 6) is -2.18. The topological polar surface area (TPSA) is 237 Å². The van der Waals surface area contributed by atoms with Crippen LogP contribution in [-0.2, 0) is 65.4 Å². The van der Waals surface area contributed by atoms with Crippen LogP contribution < -0.4 is 0 Å². The molecular weight excluding hydrogens is 1330 g/mol. The van der Waals surface area contributed by atoms with Crippen LogP contribution >= 0.6 is 15.6 Å². The van der Waals surface area contributed by atoms with Crippen molar-refractivity contribution in [3.63, 3.8) is 0 Å². The maximum Gasteiger partial charge on any atom is 0.472 e. The summed E-state index contributed by atoms with van der Waals surface area (Å²) in [6, 6.07) is 0. The van der Waals surface area contributed by atoms with Gasteiger partial charge in [0, 0.05) is 25.7 Å². The Morgan fingerprint density at radius 1 is 0.284 bits per heavy atom. The summed E-state index contributed by atoms with van der Waals surface area (Å²) in [7, 11) is -9.95. The van der Waals surface area contributed by atoms with Crippen molar-refractivity contribution in [1.82, 2.24) is 0 Å². The lowest BCUT2D eigenvalue weighted by atomic mass is 10.0. The van der Waals surface area contributed by atoms with Crippen molar-refractivity contribution in [2.24, 2.45) is 0 Å².